The Labute approximate surface area is 102 Å². The highest BCUT2D eigenvalue weighted by Gasteiger charge is 2.18. The van der Waals surface area contributed by atoms with Crippen LogP contribution in [0.4, 0.5) is 0 Å². The summed E-state index contributed by atoms with van der Waals surface area (Å²) in [6.07, 6.45) is 1.35. The molecule has 0 spiro atoms. The number of nitrogens with one attached hydrogen (secondary N) is 1. The summed E-state index contributed by atoms with van der Waals surface area (Å²) in [7, 11) is 0. The Hall–Kier alpha value is -0.940. The number of hydrogen-bond acceptors (Lipinski definition) is 4. The van der Waals surface area contributed by atoms with E-state index < -0.39 is 0 Å². The van der Waals surface area contributed by atoms with E-state index >= 15 is 0 Å². The van der Waals surface area contributed by atoms with Gasteiger partial charge in [-0.25, -0.2) is 0 Å². The molecule has 1 fully saturated rings. The summed E-state index contributed by atoms with van der Waals surface area (Å²) in [5, 5.41) is 2.74. The van der Waals surface area contributed by atoms with Crippen LogP contribution in [0.2, 0.25) is 0 Å². The number of rotatable bonds is 6. The Bertz CT molecular complexity index is 262. The molecule has 1 aliphatic rings. The minimum absolute atomic E-state index is 0.0798. The SMILES string of the molecule is CCCC(=O)C(C)NC(=O)CN1CCOCC1. The second kappa shape index (κ2) is 7.40. The normalized spacial score (nSPS) is 18.7. The van der Waals surface area contributed by atoms with Gasteiger partial charge in [0.25, 0.3) is 0 Å². The molecule has 1 N–H and O–H groups in total. The molecule has 1 amide bonds. The second-order valence-electron chi connectivity index (χ2n) is 4.39. The van der Waals surface area contributed by atoms with E-state index in [1.807, 2.05) is 11.8 Å². The molecule has 98 valence electrons. The highest BCUT2D eigenvalue weighted by atomic mass is 16.5. The van der Waals surface area contributed by atoms with Crippen LogP contribution in [0, 0.1) is 0 Å². The highest BCUT2D eigenvalue weighted by molar-refractivity contribution is 5.89. The fourth-order valence-electron chi connectivity index (χ4n) is 1.79. The lowest BCUT2D eigenvalue weighted by Crippen LogP contribution is -2.46. The van der Waals surface area contributed by atoms with Crippen molar-refractivity contribution in [3.63, 3.8) is 0 Å². The van der Waals surface area contributed by atoms with Crippen LogP contribution in [0.1, 0.15) is 26.7 Å². The number of ether oxygens (including phenoxy) is 1. The lowest BCUT2D eigenvalue weighted by atomic mass is 10.1. The molecule has 5 nitrogen and oxygen atoms in total. The largest absolute Gasteiger partial charge is 0.379 e. The third-order valence-electron chi connectivity index (χ3n) is 2.83. The Morgan fingerprint density at radius 3 is 2.59 bits per heavy atom. The standard InChI is InChI=1S/C12H22N2O3/c1-3-4-11(15)10(2)13-12(16)9-14-5-7-17-8-6-14/h10H,3-9H2,1-2H3,(H,13,16). The molecule has 1 atom stereocenters. The van der Waals surface area contributed by atoms with Gasteiger partial charge in [-0.2, -0.15) is 0 Å². The van der Waals surface area contributed by atoms with Crippen molar-refractivity contribution in [2.75, 3.05) is 32.8 Å². The first-order chi connectivity index (χ1) is 8.13. The first kappa shape index (κ1) is 14.1. The molecule has 0 saturated carbocycles. The molecule has 1 unspecified atom stereocenters. The van der Waals surface area contributed by atoms with Gasteiger partial charge in [0, 0.05) is 19.5 Å². The van der Waals surface area contributed by atoms with Crippen molar-refractivity contribution >= 4 is 11.7 Å². The minimum Gasteiger partial charge on any atom is -0.379 e. The summed E-state index contributed by atoms with van der Waals surface area (Å²) in [5.41, 5.74) is 0. The van der Waals surface area contributed by atoms with Gasteiger partial charge >= 0.3 is 0 Å². The van der Waals surface area contributed by atoms with Gasteiger partial charge in [-0.1, -0.05) is 6.92 Å². The molecule has 5 heteroatoms. The fraction of sp³-hybridized carbons (Fsp3) is 0.833. The summed E-state index contributed by atoms with van der Waals surface area (Å²) in [6.45, 7) is 6.98. The average molecular weight is 242 g/mol. The van der Waals surface area contributed by atoms with Crippen LogP contribution >= 0.6 is 0 Å². The Morgan fingerprint density at radius 1 is 1.35 bits per heavy atom. The van der Waals surface area contributed by atoms with Gasteiger partial charge in [0.05, 0.1) is 25.8 Å². The van der Waals surface area contributed by atoms with Gasteiger partial charge in [0.1, 0.15) is 0 Å². The number of nitrogens with zero attached hydrogens (tertiary/aromatic N) is 1. The van der Waals surface area contributed by atoms with E-state index in [4.69, 9.17) is 4.74 Å². The van der Waals surface area contributed by atoms with Gasteiger partial charge in [0.2, 0.25) is 5.91 Å². The van der Waals surface area contributed by atoms with E-state index in [0.717, 1.165) is 19.5 Å². The van der Waals surface area contributed by atoms with Crippen LogP contribution in [-0.2, 0) is 14.3 Å². The maximum absolute atomic E-state index is 11.7. The maximum atomic E-state index is 11.7. The number of carbonyl (C=O) groups is 2. The summed E-state index contributed by atoms with van der Waals surface area (Å²) >= 11 is 0. The summed E-state index contributed by atoms with van der Waals surface area (Å²) in [6, 6.07) is -0.372. The summed E-state index contributed by atoms with van der Waals surface area (Å²) < 4.78 is 5.21. The van der Waals surface area contributed by atoms with E-state index in [1.54, 1.807) is 6.92 Å². The first-order valence-corrected chi connectivity index (χ1v) is 6.25. The summed E-state index contributed by atoms with van der Waals surface area (Å²) in [4.78, 5) is 25.2. The molecule has 1 aliphatic heterocycles. The van der Waals surface area contributed by atoms with Gasteiger partial charge in [-0.05, 0) is 13.3 Å². The van der Waals surface area contributed by atoms with Crippen molar-refractivity contribution in [1.29, 1.82) is 0 Å². The zero-order chi connectivity index (χ0) is 12.7. The molecule has 0 aromatic heterocycles. The van der Waals surface area contributed by atoms with Crippen LogP contribution in [0.5, 0.6) is 0 Å². The number of carbonyl (C=O) groups excluding carboxylic acids is 2. The van der Waals surface area contributed by atoms with E-state index in [0.29, 0.717) is 26.2 Å². The van der Waals surface area contributed by atoms with Crippen molar-refractivity contribution < 1.29 is 14.3 Å². The smallest absolute Gasteiger partial charge is 0.234 e. The maximum Gasteiger partial charge on any atom is 0.234 e. The Morgan fingerprint density at radius 2 is 2.00 bits per heavy atom. The topological polar surface area (TPSA) is 58.6 Å². The van der Waals surface area contributed by atoms with Gasteiger partial charge in [0.15, 0.2) is 5.78 Å². The average Bonchev–Trinajstić information content (AvgIpc) is 2.30. The van der Waals surface area contributed by atoms with Gasteiger partial charge in [-0.15, -0.1) is 0 Å². The number of amides is 1. The van der Waals surface area contributed by atoms with Crippen molar-refractivity contribution in [2.45, 2.75) is 32.7 Å². The van der Waals surface area contributed by atoms with Crippen LogP contribution in [0.25, 0.3) is 0 Å². The first-order valence-electron chi connectivity index (χ1n) is 6.25. The number of hydrogen-bond donors (Lipinski definition) is 1. The van der Waals surface area contributed by atoms with Crippen molar-refractivity contribution in [1.82, 2.24) is 10.2 Å². The second-order valence-corrected chi connectivity index (χ2v) is 4.39. The lowest BCUT2D eigenvalue weighted by Gasteiger charge is -2.26. The van der Waals surface area contributed by atoms with Crippen LogP contribution in [0.3, 0.4) is 0 Å². The minimum atomic E-state index is -0.372. The van der Waals surface area contributed by atoms with E-state index in [2.05, 4.69) is 5.32 Å². The molecule has 1 rings (SSSR count). The molecule has 0 aromatic rings. The van der Waals surface area contributed by atoms with Crippen molar-refractivity contribution in [3.8, 4) is 0 Å². The molecule has 0 aliphatic carbocycles. The quantitative estimate of drug-likeness (QED) is 0.722. The predicted octanol–water partition coefficient (Wildman–Crippen LogP) is 0.193. The molecule has 0 radical (unpaired) electrons. The molecule has 1 saturated heterocycles. The molecule has 17 heavy (non-hydrogen) atoms. The highest BCUT2D eigenvalue weighted by Crippen LogP contribution is 1.98. The number of morpholine rings is 1. The Kier molecular flexibility index (Phi) is 6.15. The predicted molar refractivity (Wildman–Crippen MR) is 64.8 cm³/mol. The molecule has 1 heterocycles. The third-order valence-corrected chi connectivity index (χ3v) is 2.83. The van der Waals surface area contributed by atoms with Crippen molar-refractivity contribution in [3.05, 3.63) is 0 Å². The molecule has 0 aromatic carbocycles. The van der Waals surface area contributed by atoms with Crippen LogP contribution in [-0.4, -0.2) is 55.5 Å². The van der Waals surface area contributed by atoms with E-state index in [1.165, 1.54) is 0 Å². The zero-order valence-corrected chi connectivity index (χ0v) is 10.7. The molecular formula is C12H22N2O3. The van der Waals surface area contributed by atoms with Gasteiger partial charge in [-0.3, -0.25) is 14.5 Å². The Balaban J connectivity index is 2.25. The third kappa shape index (κ3) is 5.28. The zero-order valence-electron chi connectivity index (χ0n) is 10.7. The monoisotopic (exact) mass is 242 g/mol. The van der Waals surface area contributed by atoms with Gasteiger partial charge < -0.3 is 10.1 Å². The lowest BCUT2D eigenvalue weighted by molar-refractivity contribution is -0.128. The summed E-state index contributed by atoms with van der Waals surface area (Å²) in [5.74, 6) is 0.0201. The molecular weight excluding hydrogens is 220 g/mol. The molecule has 0 bridgehead atoms. The van der Waals surface area contributed by atoms with Crippen LogP contribution in [0.15, 0.2) is 0 Å². The number of ketones is 1. The van der Waals surface area contributed by atoms with E-state index in [9.17, 15) is 9.59 Å². The fourth-order valence-corrected chi connectivity index (χ4v) is 1.79. The van der Waals surface area contributed by atoms with E-state index in [-0.39, 0.29) is 17.7 Å². The van der Waals surface area contributed by atoms with Crippen molar-refractivity contribution in [2.24, 2.45) is 0 Å². The van der Waals surface area contributed by atoms with Crippen LogP contribution < -0.4 is 5.32 Å². The number of Topliss-reactive ketones (excluding diaryl/α,β-unsaturated/α-hetero) is 1.